The monoisotopic (exact) mass is 439 g/mol. The van der Waals surface area contributed by atoms with Gasteiger partial charge in [-0.2, -0.15) is 12.6 Å². The standard InChI is InChI=1S/C6H12O2S.3C4H9.Sn/c1-5(2)3-8-6(7)4-9;3*1-3-4-2;/h5,9H,3-4H2,1-2H3;3*1,3-4H2,2H3;. The average molecular weight is 438 g/mol. The minimum absolute atomic E-state index is 0.173. The summed E-state index contributed by atoms with van der Waals surface area (Å²) in [5.74, 6) is 0.341. The van der Waals surface area contributed by atoms with Gasteiger partial charge in [0.2, 0.25) is 0 Å². The van der Waals surface area contributed by atoms with Gasteiger partial charge < -0.3 is 4.74 Å². The zero-order valence-corrected chi connectivity index (χ0v) is 19.4. The van der Waals surface area contributed by atoms with Crippen molar-refractivity contribution in [1.29, 1.82) is 0 Å². The van der Waals surface area contributed by atoms with Gasteiger partial charge in [0.05, 0.1) is 12.4 Å². The number of hydrogen-bond acceptors (Lipinski definition) is 3. The van der Waals surface area contributed by atoms with Crippen molar-refractivity contribution >= 4 is 38.4 Å². The molecule has 0 spiro atoms. The molecule has 0 aromatic carbocycles. The summed E-state index contributed by atoms with van der Waals surface area (Å²) < 4.78 is 9.78. The molecule has 0 unspecified atom stereocenters. The van der Waals surface area contributed by atoms with Gasteiger partial charge in [-0.3, -0.25) is 4.79 Å². The van der Waals surface area contributed by atoms with Crippen LogP contribution in [0.15, 0.2) is 0 Å². The fourth-order valence-electron chi connectivity index (χ4n) is 1.96. The molecule has 133 valence electrons. The molecular weight excluding hydrogens is 399 g/mol. The molecule has 0 amide bonds. The van der Waals surface area contributed by atoms with Crippen LogP contribution in [-0.4, -0.2) is 38.1 Å². The van der Waals surface area contributed by atoms with Crippen molar-refractivity contribution in [1.82, 2.24) is 0 Å². The number of unbranched alkanes of at least 4 members (excludes halogenated alkanes) is 3. The van der Waals surface area contributed by atoms with Gasteiger partial charge in [0, 0.05) is 0 Å². The normalized spacial score (nSPS) is 10.5. The van der Waals surface area contributed by atoms with Gasteiger partial charge in [-0.15, -0.1) is 0 Å². The SMILES string of the molecule is CC(C)COC(=O)CS.CCC[CH2][Sn]([CH2]CCC)[CH2]CCC. The molecule has 0 aliphatic rings. The van der Waals surface area contributed by atoms with Crippen LogP contribution in [0.3, 0.4) is 0 Å². The Balaban J connectivity index is 0. The van der Waals surface area contributed by atoms with Crippen molar-refractivity contribution < 1.29 is 9.53 Å². The minimum atomic E-state index is -0.839. The quantitative estimate of drug-likeness (QED) is 0.230. The van der Waals surface area contributed by atoms with E-state index in [0.717, 1.165) is 0 Å². The van der Waals surface area contributed by atoms with Crippen molar-refractivity contribution in [2.45, 2.75) is 86.5 Å². The molecule has 0 aromatic rings. The van der Waals surface area contributed by atoms with Crippen molar-refractivity contribution in [3.05, 3.63) is 0 Å². The number of hydrogen-bond donors (Lipinski definition) is 1. The summed E-state index contributed by atoms with van der Waals surface area (Å²) >= 11 is 2.90. The Hall–Kier alpha value is 0.619. The summed E-state index contributed by atoms with van der Waals surface area (Å²) in [6, 6.07) is 0. The first-order valence-electron chi connectivity index (χ1n) is 9.11. The summed E-state index contributed by atoms with van der Waals surface area (Å²) in [7, 11) is 0. The fourth-order valence-corrected chi connectivity index (χ4v) is 11.5. The first-order chi connectivity index (χ1) is 10.5. The van der Waals surface area contributed by atoms with Crippen molar-refractivity contribution in [3.63, 3.8) is 0 Å². The van der Waals surface area contributed by atoms with Crippen LogP contribution in [0.5, 0.6) is 0 Å². The van der Waals surface area contributed by atoms with Gasteiger partial charge in [0.1, 0.15) is 0 Å². The molecule has 0 aromatic heterocycles. The number of rotatable bonds is 12. The second-order valence-electron chi connectivity index (χ2n) is 6.30. The molecule has 4 heteroatoms. The van der Waals surface area contributed by atoms with E-state index in [9.17, 15) is 4.79 Å². The molecule has 0 aliphatic heterocycles. The second kappa shape index (κ2) is 19.7. The zero-order chi connectivity index (χ0) is 17.2. The Bertz CT molecular complexity index is 216. The third-order valence-corrected chi connectivity index (χ3v) is 12.7. The Morgan fingerprint density at radius 1 is 0.955 bits per heavy atom. The maximum atomic E-state index is 10.4. The Morgan fingerprint density at radius 3 is 1.64 bits per heavy atom. The van der Waals surface area contributed by atoms with Gasteiger partial charge in [-0.05, 0) is 5.92 Å². The van der Waals surface area contributed by atoms with E-state index in [1.54, 1.807) is 13.3 Å². The van der Waals surface area contributed by atoms with E-state index < -0.39 is 19.8 Å². The molecule has 0 fully saturated rings. The summed E-state index contributed by atoms with van der Waals surface area (Å²) in [4.78, 5) is 10.4. The second-order valence-corrected chi connectivity index (χ2v) is 15.2. The number of ether oxygens (including phenoxy) is 1. The molecule has 22 heavy (non-hydrogen) atoms. The van der Waals surface area contributed by atoms with Crippen molar-refractivity contribution in [2.75, 3.05) is 12.4 Å². The van der Waals surface area contributed by atoms with Gasteiger partial charge in [0.15, 0.2) is 0 Å². The van der Waals surface area contributed by atoms with E-state index in [1.807, 2.05) is 13.8 Å². The predicted molar refractivity (Wildman–Crippen MR) is 105 cm³/mol. The van der Waals surface area contributed by atoms with Gasteiger partial charge >= 0.3 is 98.3 Å². The first kappa shape index (κ1) is 24.9. The van der Waals surface area contributed by atoms with E-state index in [1.165, 1.54) is 38.5 Å². The van der Waals surface area contributed by atoms with Crippen molar-refractivity contribution in [2.24, 2.45) is 5.92 Å². The summed E-state index contributed by atoms with van der Waals surface area (Å²) in [5.41, 5.74) is 0. The van der Waals surface area contributed by atoms with E-state index >= 15 is 0 Å². The molecule has 0 bridgehead atoms. The molecule has 0 saturated carbocycles. The van der Waals surface area contributed by atoms with E-state index in [0.29, 0.717) is 12.5 Å². The van der Waals surface area contributed by atoms with Crippen LogP contribution >= 0.6 is 12.6 Å². The molecule has 0 rings (SSSR count). The van der Waals surface area contributed by atoms with E-state index in [4.69, 9.17) is 4.74 Å². The number of esters is 1. The molecule has 0 heterocycles. The third-order valence-electron chi connectivity index (χ3n) is 3.36. The topological polar surface area (TPSA) is 26.3 Å². The molecule has 0 atom stereocenters. The molecule has 0 aliphatic carbocycles. The molecule has 0 N–H and O–H groups in total. The van der Waals surface area contributed by atoms with Gasteiger partial charge in [-0.1, -0.05) is 13.8 Å². The Kier molecular flexibility index (Phi) is 22.2. The van der Waals surface area contributed by atoms with Crippen LogP contribution < -0.4 is 0 Å². The van der Waals surface area contributed by atoms with Gasteiger partial charge in [0.25, 0.3) is 0 Å². The zero-order valence-electron chi connectivity index (χ0n) is 15.6. The van der Waals surface area contributed by atoms with Crippen LogP contribution in [0, 0.1) is 5.92 Å². The van der Waals surface area contributed by atoms with Crippen LogP contribution in [-0.2, 0) is 9.53 Å². The summed E-state index contributed by atoms with van der Waals surface area (Å²) in [6.07, 6.45) is 8.85. The third kappa shape index (κ3) is 20.6. The molecule has 0 saturated heterocycles. The van der Waals surface area contributed by atoms with E-state index in [-0.39, 0.29) is 11.7 Å². The maximum absolute atomic E-state index is 10.4. The average Bonchev–Trinajstić information content (AvgIpc) is 2.52. The molecule has 1 radical (unpaired) electrons. The Morgan fingerprint density at radius 2 is 1.36 bits per heavy atom. The number of carbonyl (C=O) groups excluding carboxylic acids is 1. The first-order valence-corrected chi connectivity index (χ1v) is 15.8. The van der Waals surface area contributed by atoms with Crippen LogP contribution in [0.25, 0.3) is 0 Å². The van der Waals surface area contributed by atoms with E-state index in [2.05, 4.69) is 33.4 Å². The molecule has 2 nitrogen and oxygen atoms in total. The summed E-state index contributed by atoms with van der Waals surface area (Å²) in [6.45, 7) is 11.5. The van der Waals surface area contributed by atoms with Crippen LogP contribution in [0.2, 0.25) is 13.3 Å². The van der Waals surface area contributed by atoms with Crippen LogP contribution in [0.1, 0.15) is 73.1 Å². The fraction of sp³-hybridized carbons (Fsp3) is 0.944. The predicted octanol–water partition coefficient (Wildman–Crippen LogP) is 6.00. The number of thiol groups is 1. The van der Waals surface area contributed by atoms with Crippen molar-refractivity contribution in [3.8, 4) is 0 Å². The van der Waals surface area contributed by atoms with Gasteiger partial charge in [-0.25, -0.2) is 0 Å². The van der Waals surface area contributed by atoms with Crippen LogP contribution in [0.4, 0.5) is 0 Å². The Labute approximate surface area is 152 Å². The summed E-state index contributed by atoms with van der Waals surface area (Å²) in [5, 5.41) is 0. The number of carbonyl (C=O) groups is 1. The molecular formula is C18H39O2SSn.